The van der Waals surface area contributed by atoms with Gasteiger partial charge >= 0.3 is 24.2 Å². The highest BCUT2D eigenvalue weighted by Gasteiger charge is 2.74. The molecule has 1 N–H and O–H groups in total. The number of rotatable bonds is 3. The monoisotopic (exact) mass is 446 g/mol. The van der Waals surface area contributed by atoms with Crippen LogP contribution in [0.4, 0.5) is 43.9 Å². The normalized spacial score (nSPS) is 13.3. The number of benzene rings is 1. The highest BCUT2D eigenvalue weighted by atomic mass is 19.4. The van der Waals surface area contributed by atoms with Crippen molar-refractivity contribution in [3.05, 3.63) is 57.0 Å². The summed E-state index contributed by atoms with van der Waals surface area (Å²) in [5.41, 5.74) is -8.19. The van der Waals surface area contributed by atoms with Crippen molar-refractivity contribution in [2.24, 2.45) is 0 Å². The summed E-state index contributed by atoms with van der Waals surface area (Å²) in [5, 5.41) is 9.03. The van der Waals surface area contributed by atoms with Crippen LogP contribution < -0.4 is 5.56 Å². The number of aryl methyl sites for hydroxylation is 1. The second kappa shape index (κ2) is 7.03. The fourth-order valence-electron chi connectivity index (χ4n) is 2.59. The lowest BCUT2D eigenvalue weighted by Crippen LogP contribution is -2.50. The van der Waals surface area contributed by atoms with Gasteiger partial charge in [-0.25, -0.2) is 0 Å². The Balaban J connectivity index is 2.92. The van der Waals surface area contributed by atoms with E-state index in [4.69, 9.17) is 5.26 Å². The van der Waals surface area contributed by atoms with Crippen molar-refractivity contribution < 1.29 is 43.9 Å². The molecule has 0 atom stereocenters. The van der Waals surface area contributed by atoms with Gasteiger partial charge in [0.1, 0.15) is 11.6 Å². The molecular weight excluding hydrogens is 438 g/mol. The Morgan fingerprint density at radius 2 is 1.47 bits per heavy atom. The summed E-state index contributed by atoms with van der Waals surface area (Å²) in [6.07, 6.45) is -12.6. The van der Waals surface area contributed by atoms with Crippen molar-refractivity contribution in [2.45, 2.75) is 31.1 Å². The molecule has 0 aliphatic rings. The van der Waals surface area contributed by atoms with Gasteiger partial charge in [-0.05, 0) is 30.7 Å². The molecule has 0 aliphatic carbocycles. The molecule has 0 bridgehead atoms. The van der Waals surface area contributed by atoms with Crippen LogP contribution in [0.2, 0.25) is 0 Å². The molecule has 0 aliphatic heterocycles. The van der Waals surface area contributed by atoms with Crippen LogP contribution in [-0.2, 0) is 12.1 Å². The van der Waals surface area contributed by atoms with E-state index in [1.54, 1.807) is 0 Å². The Labute approximate surface area is 160 Å². The maximum absolute atomic E-state index is 14.2. The van der Waals surface area contributed by atoms with E-state index in [0.29, 0.717) is 6.07 Å². The molecule has 0 fully saturated rings. The molecular formula is C17H8F10N2O. The van der Waals surface area contributed by atoms with Crippen LogP contribution in [0.5, 0.6) is 0 Å². The second-order valence-electron chi connectivity index (χ2n) is 6.09. The van der Waals surface area contributed by atoms with Crippen LogP contribution in [0.15, 0.2) is 29.1 Å². The van der Waals surface area contributed by atoms with E-state index < -0.39 is 57.6 Å². The second-order valence-corrected chi connectivity index (χ2v) is 6.09. The van der Waals surface area contributed by atoms with Gasteiger partial charge < -0.3 is 4.98 Å². The van der Waals surface area contributed by atoms with E-state index in [2.05, 4.69) is 4.98 Å². The van der Waals surface area contributed by atoms with Crippen molar-refractivity contribution >= 4 is 0 Å². The number of alkyl halides is 10. The minimum absolute atomic E-state index is 0.0165. The van der Waals surface area contributed by atoms with Gasteiger partial charge in [-0.3, -0.25) is 4.79 Å². The fraction of sp³-hybridized carbons (Fsp3) is 0.294. The van der Waals surface area contributed by atoms with Crippen molar-refractivity contribution in [1.82, 2.24) is 4.98 Å². The highest BCUT2D eigenvalue weighted by Crippen LogP contribution is 2.54. The SMILES string of the molecule is Cc1cc(-c2ccc(C(F)(F)F)c(C(F)(F)C(F)(F)C(F)(F)F)c2)c(C#N)c(=O)[nH]1. The van der Waals surface area contributed by atoms with Gasteiger partial charge in [0.25, 0.3) is 5.56 Å². The largest absolute Gasteiger partial charge is 0.460 e. The van der Waals surface area contributed by atoms with Crippen LogP contribution >= 0.6 is 0 Å². The van der Waals surface area contributed by atoms with Crippen LogP contribution in [0.1, 0.15) is 22.4 Å². The Morgan fingerprint density at radius 3 is 1.93 bits per heavy atom. The quantitative estimate of drug-likeness (QED) is 0.631. The van der Waals surface area contributed by atoms with Crippen molar-refractivity contribution in [1.29, 1.82) is 5.26 Å². The molecule has 0 saturated heterocycles. The van der Waals surface area contributed by atoms with E-state index in [0.717, 1.165) is 6.07 Å². The molecule has 1 aromatic carbocycles. The lowest BCUT2D eigenvalue weighted by molar-refractivity contribution is -0.360. The van der Waals surface area contributed by atoms with Gasteiger partial charge in [-0.1, -0.05) is 6.07 Å². The maximum atomic E-state index is 14.2. The number of halogens is 10. The first-order valence-electron chi connectivity index (χ1n) is 7.63. The molecule has 1 aromatic heterocycles. The number of hydrogen-bond acceptors (Lipinski definition) is 2. The molecule has 0 saturated carbocycles. The molecule has 2 rings (SSSR count). The average molecular weight is 446 g/mol. The van der Waals surface area contributed by atoms with Crippen LogP contribution in [0, 0.1) is 18.3 Å². The predicted molar refractivity (Wildman–Crippen MR) is 81.8 cm³/mol. The number of aromatic nitrogens is 1. The van der Waals surface area contributed by atoms with Gasteiger partial charge in [0.2, 0.25) is 0 Å². The maximum Gasteiger partial charge on any atom is 0.460 e. The van der Waals surface area contributed by atoms with Gasteiger partial charge in [0, 0.05) is 16.8 Å². The molecule has 13 heteroatoms. The summed E-state index contributed by atoms with van der Waals surface area (Å²) in [6.45, 7) is 1.25. The minimum Gasteiger partial charge on any atom is -0.325 e. The van der Waals surface area contributed by atoms with Gasteiger partial charge in [-0.15, -0.1) is 0 Å². The van der Waals surface area contributed by atoms with E-state index in [9.17, 15) is 48.7 Å². The van der Waals surface area contributed by atoms with E-state index >= 15 is 0 Å². The smallest absolute Gasteiger partial charge is 0.325 e. The van der Waals surface area contributed by atoms with Crippen molar-refractivity contribution in [2.75, 3.05) is 0 Å². The summed E-state index contributed by atoms with van der Waals surface area (Å²) >= 11 is 0. The summed E-state index contributed by atoms with van der Waals surface area (Å²) in [4.78, 5) is 13.9. The zero-order valence-electron chi connectivity index (χ0n) is 14.4. The molecule has 2 aromatic rings. The number of aromatic amines is 1. The van der Waals surface area contributed by atoms with Crippen LogP contribution in [-0.4, -0.2) is 17.1 Å². The summed E-state index contributed by atoms with van der Waals surface area (Å²) in [7, 11) is 0. The highest BCUT2D eigenvalue weighted by molar-refractivity contribution is 5.71. The Bertz CT molecular complexity index is 1070. The third-order valence-corrected chi connectivity index (χ3v) is 4.00. The average Bonchev–Trinajstić information content (AvgIpc) is 2.58. The first kappa shape index (κ1) is 23.2. The summed E-state index contributed by atoms with van der Waals surface area (Å²) in [5.74, 6) is -13.2. The Kier molecular flexibility index (Phi) is 5.45. The standard InChI is InChI=1S/C17H8F10N2O/c1-7-4-9(10(6-28)13(30)29-7)8-2-3-11(15(20,21)22)12(5-8)14(18,19)16(23,24)17(25,26)27/h2-5H,1H3,(H,29,30). The number of hydrogen-bond donors (Lipinski definition) is 1. The lowest BCUT2D eigenvalue weighted by Gasteiger charge is -2.30. The van der Waals surface area contributed by atoms with Gasteiger partial charge in [0.15, 0.2) is 0 Å². The molecule has 0 unspecified atom stereocenters. The van der Waals surface area contributed by atoms with Crippen molar-refractivity contribution in [3.8, 4) is 17.2 Å². The molecule has 1 heterocycles. The zero-order chi connectivity index (χ0) is 23.3. The number of H-pyrrole nitrogens is 1. The minimum atomic E-state index is -6.87. The van der Waals surface area contributed by atoms with Crippen molar-refractivity contribution in [3.63, 3.8) is 0 Å². The number of nitrogens with one attached hydrogen (secondary N) is 1. The van der Waals surface area contributed by atoms with E-state index in [1.807, 2.05) is 0 Å². The van der Waals surface area contributed by atoms with Crippen LogP contribution in [0.3, 0.4) is 0 Å². The fourth-order valence-corrected chi connectivity index (χ4v) is 2.59. The third kappa shape index (κ3) is 3.73. The summed E-state index contributed by atoms with van der Waals surface area (Å²) < 4.78 is 132. The first-order valence-corrected chi connectivity index (χ1v) is 7.63. The molecule has 162 valence electrons. The Hall–Kier alpha value is -3.04. The Morgan fingerprint density at radius 1 is 0.900 bits per heavy atom. The third-order valence-electron chi connectivity index (χ3n) is 4.00. The molecule has 3 nitrogen and oxygen atoms in total. The molecule has 30 heavy (non-hydrogen) atoms. The number of nitrogens with zero attached hydrogens (tertiary/aromatic N) is 1. The van der Waals surface area contributed by atoms with Gasteiger partial charge in [0.05, 0.1) is 5.56 Å². The molecule has 0 spiro atoms. The van der Waals surface area contributed by atoms with Gasteiger partial charge in [-0.2, -0.15) is 49.2 Å². The van der Waals surface area contributed by atoms with Crippen LogP contribution in [0.25, 0.3) is 11.1 Å². The molecule has 0 radical (unpaired) electrons. The predicted octanol–water partition coefficient (Wildman–Crippen LogP) is 5.53. The number of pyridine rings is 1. The van der Waals surface area contributed by atoms with E-state index in [-0.39, 0.29) is 17.8 Å². The summed E-state index contributed by atoms with van der Waals surface area (Å²) in [6, 6.07) is 2.44. The lowest BCUT2D eigenvalue weighted by atomic mass is 9.91. The molecule has 0 amide bonds. The number of nitriles is 1. The van der Waals surface area contributed by atoms with E-state index in [1.165, 1.54) is 13.0 Å². The topological polar surface area (TPSA) is 56.6 Å². The first-order chi connectivity index (χ1) is 13.4. The zero-order valence-corrected chi connectivity index (χ0v) is 14.4.